The van der Waals surface area contributed by atoms with Gasteiger partial charge in [0.15, 0.2) is 0 Å². The standard InChI is InChI=1S/C19H16ClF3N2O2/c1-11-2-5-14(6-3-11)25-10-12(8-17(25)26)18(27)24-13-4-7-16(20)15(9-13)19(21,22)23/h2-7,9,12H,8,10H2,1H3,(H,24,27). The first-order valence-corrected chi connectivity index (χ1v) is 8.57. The smallest absolute Gasteiger partial charge is 0.326 e. The number of aryl methyl sites for hydroxylation is 1. The van der Waals surface area contributed by atoms with E-state index >= 15 is 0 Å². The van der Waals surface area contributed by atoms with Crippen LogP contribution in [-0.2, 0) is 15.8 Å². The summed E-state index contributed by atoms with van der Waals surface area (Å²) in [5.74, 6) is -1.36. The molecule has 142 valence electrons. The molecule has 2 aromatic rings. The fourth-order valence-corrected chi connectivity index (χ4v) is 3.15. The lowest BCUT2D eigenvalue weighted by atomic mass is 10.1. The van der Waals surface area contributed by atoms with Crippen LogP contribution in [0.4, 0.5) is 24.5 Å². The molecule has 0 spiro atoms. The number of nitrogens with one attached hydrogen (secondary N) is 1. The third kappa shape index (κ3) is 4.24. The van der Waals surface area contributed by atoms with Gasteiger partial charge in [0, 0.05) is 24.3 Å². The molecule has 1 unspecified atom stereocenters. The van der Waals surface area contributed by atoms with E-state index in [1.165, 1.54) is 11.0 Å². The van der Waals surface area contributed by atoms with Crippen LogP contribution in [0.2, 0.25) is 5.02 Å². The largest absolute Gasteiger partial charge is 0.417 e. The van der Waals surface area contributed by atoms with Crippen molar-refractivity contribution >= 4 is 34.8 Å². The molecular formula is C19H16ClF3N2O2. The molecule has 3 rings (SSSR count). The normalized spacial score (nSPS) is 17.3. The van der Waals surface area contributed by atoms with Gasteiger partial charge < -0.3 is 10.2 Å². The summed E-state index contributed by atoms with van der Waals surface area (Å²) in [7, 11) is 0. The minimum atomic E-state index is -4.62. The average molecular weight is 397 g/mol. The van der Waals surface area contributed by atoms with E-state index in [1.54, 1.807) is 12.1 Å². The van der Waals surface area contributed by atoms with Crippen LogP contribution in [0.1, 0.15) is 17.5 Å². The van der Waals surface area contributed by atoms with Gasteiger partial charge in [-0.2, -0.15) is 13.2 Å². The summed E-state index contributed by atoms with van der Waals surface area (Å²) >= 11 is 5.58. The van der Waals surface area contributed by atoms with Crippen molar-refractivity contribution in [1.29, 1.82) is 0 Å². The summed E-state index contributed by atoms with van der Waals surface area (Å²) in [6.07, 6.45) is -4.62. The summed E-state index contributed by atoms with van der Waals surface area (Å²) in [6.45, 7) is 2.10. The number of halogens is 4. The van der Waals surface area contributed by atoms with Gasteiger partial charge in [-0.25, -0.2) is 0 Å². The molecule has 0 bridgehead atoms. The first-order chi connectivity index (χ1) is 12.6. The lowest BCUT2D eigenvalue weighted by molar-refractivity contribution is -0.137. The van der Waals surface area contributed by atoms with Gasteiger partial charge in [-0.05, 0) is 37.3 Å². The molecule has 1 fully saturated rings. The summed E-state index contributed by atoms with van der Waals surface area (Å²) < 4.78 is 38.8. The average Bonchev–Trinajstić information content (AvgIpc) is 2.98. The highest BCUT2D eigenvalue weighted by atomic mass is 35.5. The molecule has 1 atom stereocenters. The number of anilines is 2. The quantitative estimate of drug-likeness (QED) is 0.820. The Bertz CT molecular complexity index is 882. The maximum atomic E-state index is 12.9. The summed E-state index contributed by atoms with van der Waals surface area (Å²) in [4.78, 5) is 26.2. The van der Waals surface area contributed by atoms with Crippen molar-refractivity contribution in [2.75, 3.05) is 16.8 Å². The number of carbonyl (C=O) groups excluding carboxylic acids is 2. The van der Waals surface area contributed by atoms with Crippen LogP contribution in [0.5, 0.6) is 0 Å². The fraction of sp³-hybridized carbons (Fsp3) is 0.263. The van der Waals surface area contributed by atoms with Crippen LogP contribution in [0.3, 0.4) is 0 Å². The molecule has 8 heteroatoms. The summed E-state index contributed by atoms with van der Waals surface area (Å²) in [5, 5.41) is 2.01. The molecule has 4 nitrogen and oxygen atoms in total. The molecule has 2 amide bonds. The van der Waals surface area contributed by atoms with E-state index in [0.29, 0.717) is 5.69 Å². The Morgan fingerprint density at radius 1 is 1.19 bits per heavy atom. The van der Waals surface area contributed by atoms with Crippen LogP contribution >= 0.6 is 11.6 Å². The van der Waals surface area contributed by atoms with Crippen LogP contribution in [0.25, 0.3) is 0 Å². The zero-order chi connectivity index (χ0) is 19.8. The third-order valence-electron chi connectivity index (χ3n) is 4.38. The predicted octanol–water partition coefficient (Wildman–Crippen LogP) is 4.66. The lowest BCUT2D eigenvalue weighted by Gasteiger charge is -2.17. The molecule has 2 aromatic carbocycles. The zero-order valence-corrected chi connectivity index (χ0v) is 15.1. The molecule has 0 aromatic heterocycles. The Morgan fingerprint density at radius 3 is 2.48 bits per heavy atom. The molecule has 1 heterocycles. The van der Waals surface area contributed by atoms with E-state index < -0.39 is 28.6 Å². The number of hydrogen-bond acceptors (Lipinski definition) is 2. The number of carbonyl (C=O) groups is 2. The van der Waals surface area contributed by atoms with Gasteiger partial charge in [0.2, 0.25) is 11.8 Å². The van der Waals surface area contributed by atoms with Crippen molar-refractivity contribution in [3.63, 3.8) is 0 Å². The predicted molar refractivity (Wildman–Crippen MR) is 96.7 cm³/mol. The molecule has 0 saturated carbocycles. The topological polar surface area (TPSA) is 49.4 Å². The Morgan fingerprint density at radius 2 is 1.85 bits per heavy atom. The van der Waals surface area contributed by atoms with Gasteiger partial charge in [0.25, 0.3) is 0 Å². The highest BCUT2D eigenvalue weighted by Gasteiger charge is 2.36. The SMILES string of the molecule is Cc1ccc(N2CC(C(=O)Nc3ccc(Cl)c(C(F)(F)F)c3)CC2=O)cc1. The molecule has 0 aliphatic carbocycles. The number of amides is 2. The van der Waals surface area contributed by atoms with Crippen molar-refractivity contribution in [3.05, 3.63) is 58.6 Å². The lowest BCUT2D eigenvalue weighted by Crippen LogP contribution is -2.28. The second kappa shape index (κ2) is 7.23. The minimum Gasteiger partial charge on any atom is -0.326 e. The Labute approximate surface area is 158 Å². The van der Waals surface area contributed by atoms with E-state index in [-0.39, 0.29) is 24.6 Å². The first-order valence-electron chi connectivity index (χ1n) is 8.20. The summed E-state index contributed by atoms with van der Waals surface area (Å²) in [6, 6.07) is 10.5. The maximum Gasteiger partial charge on any atom is 0.417 e. The molecule has 1 aliphatic heterocycles. The van der Waals surface area contributed by atoms with Gasteiger partial charge in [-0.3, -0.25) is 9.59 Å². The highest BCUT2D eigenvalue weighted by Crippen LogP contribution is 2.36. The number of nitrogens with zero attached hydrogens (tertiary/aromatic N) is 1. The Kier molecular flexibility index (Phi) is 5.15. The van der Waals surface area contributed by atoms with Crippen molar-refractivity contribution < 1.29 is 22.8 Å². The fourth-order valence-electron chi connectivity index (χ4n) is 2.92. The number of rotatable bonds is 3. The highest BCUT2D eigenvalue weighted by molar-refractivity contribution is 6.31. The number of hydrogen-bond donors (Lipinski definition) is 1. The molecule has 1 N–H and O–H groups in total. The van der Waals surface area contributed by atoms with Crippen molar-refractivity contribution in [3.8, 4) is 0 Å². The minimum absolute atomic E-state index is 0.000568. The molecule has 1 saturated heterocycles. The third-order valence-corrected chi connectivity index (χ3v) is 4.71. The summed E-state index contributed by atoms with van der Waals surface area (Å²) in [5.41, 5.74) is 0.693. The van der Waals surface area contributed by atoms with E-state index in [1.807, 2.05) is 19.1 Å². The molecular weight excluding hydrogens is 381 g/mol. The Balaban J connectivity index is 1.72. The Hall–Kier alpha value is -2.54. The van der Waals surface area contributed by atoms with Crippen LogP contribution in [-0.4, -0.2) is 18.4 Å². The van der Waals surface area contributed by atoms with E-state index in [0.717, 1.165) is 17.7 Å². The van der Waals surface area contributed by atoms with Gasteiger partial charge >= 0.3 is 6.18 Å². The first kappa shape index (κ1) is 19.2. The number of benzene rings is 2. The van der Waals surface area contributed by atoms with Gasteiger partial charge in [-0.15, -0.1) is 0 Å². The van der Waals surface area contributed by atoms with Gasteiger partial charge in [0.1, 0.15) is 0 Å². The number of alkyl halides is 3. The van der Waals surface area contributed by atoms with E-state index in [2.05, 4.69) is 5.32 Å². The van der Waals surface area contributed by atoms with Gasteiger partial charge in [0.05, 0.1) is 16.5 Å². The molecule has 27 heavy (non-hydrogen) atoms. The monoisotopic (exact) mass is 396 g/mol. The molecule has 0 radical (unpaired) electrons. The van der Waals surface area contributed by atoms with E-state index in [9.17, 15) is 22.8 Å². The van der Waals surface area contributed by atoms with Crippen molar-refractivity contribution in [2.24, 2.45) is 5.92 Å². The zero-order valence-electron chi connectivity index (χ0n) is 14.3. The van der Waals surface area contributed by atoms with Crippen LogP contribution in [0, 0.1) is 12.8 Å². The van der Waals surface area contributed by atoms with Crippen molar-refractivity contribution in [2.45, 2.75) is 19.5 Å². The second-order valence-electron chi connectivity index (χ2n) is 6.42. The van der Waals surface area contributed by atoms with Crippen LogP contribution < -0.4 is 10.2 Å². The second-order valence-corrected chi connectivity index (χ2v) is 6.83. The maximum absolute atomic E-state index is 12.9. The molecule has 1 aliphatic rings. The van der Waals surface area contributed by atoms with Crippen LogP contribution in [0.15, 0.2) is 42.5 Å². The van der Waals surface area contributed by atoms with Gasteiger partial charge in [-0.1, -0.05) is 29.3 Å². The van der Waals surface area contributed by atoms with E-state index in [4.69, 9.17) is 11.6 Å². The van der Waals surface area contributed by atoms with Crippen molar-refractivity contribution in [1.82, 2.24) is 0 Å².